The van der Waals surface area contributed by atoms with Gasteiger partial charge in [0.15, 0.2) is 0 Å². The van der Waals surface area contributed by atoms with E-state index >= 15 is 0 Å². The Morgan fingerprint density at radius 1 is 1.14 bits per heavy atom. The number of nitrogens with one attached hydrogen (secondary N) is 1. The molecule has 2 aromatic rings. The van der Waals surface area contributed by atoms with Gasteiger partial charge >= 0.3 is 0 Å². The molecule has 116 valence electrons. The molecule has 0 heterocycles. The fraction of sp³-hybridized carbons (Fsp3) is 0.368. The number of ether oxygens (including phenoxy) is 1. The fourth-order valence-electron chi connectivity index (χ4n) is 3.51. The second kappa shape index (κ2) is 6.01. The molecule has 22 heavy (non-hydrogen) atoms. The molecular weight excluding hydrogens is 274 g/mol. The van der Waals surface area contributed by atoms with E-state index in [0.717, 1.165) is 24.3 Å². The summed E-state index contributed by atoms with van der Waals surface area (Å²) in [5, 5.41) is 13.8. The molecule has 0 saturated carbocycles. The molecule has 0 spiro atoms. The van der Waals surface area contributed by atoms with Crippen LogP contribution in [-0.4, -0.2) is 12.2 Å². The fourth-order valence-corrected chi connectivity index (χ4v) is 3.51. The van der Waals surface area contributed by atoms with Crippen molar-refractivity contribution in [3.05, 3.63) is 58.7 Å². The molecule has 3 nitrogen and oxygen atoms in total. The summed E-state index contributed by atoms with van der Waals surface area (Å²) in [6.07, 6.45) is 1.03. The Kier molecular flexibility index (Phi) is 4.08. The number of methoxy groups -OCH3 is 1. The van der Waals surface area contributed by atoms with Crippen LogP contribution < -0.4 is 10.1 Å². The third-order valence-corrected chi connectivity index (χ3v) is 4.62. The third-order valence-electron chi connectivity index (χ3n) is 4.62. The summed E-state index contributed by atoms with van der Waals surface area (Å²) >= 11 is 0. The first-order valence-electron chi connectivity index (χ1n) is 7.79. The van der Waals surface area contributed by atoms with Gasteiger partial charge in [-0.15, -0.1) is 0 Å². The Hall–Kier alpha value is -2.00. The first kappa shape index (κ1) is 14.9. The highest BCUT2D eigenvalue weighted by atomic mass is 16.5. The molecule has 0 aliphatic heterocycles. The second-order valence-electron chi connectivity index (χ2n) is 6.15. The van der Waals surface area contributed by atoms with E-state index in [9.17, 15) is 5.11 Å². The van der Waals surface area contributed by atoms with Gasteiger partial charge in [-0.2, -0.15) is 0 Å². The van der Waals surface area contributed by atoms with Crippen LogP contribution in [0.25, 0.3) is 0 Å². The zero-order chi connectivity index (χ0) is 15.7. The minimum atomic E-state index is 0.215. The van der Waals surface area contributed by atoms with E-state index in [2.05, 4.69) is 31.3 Å². The van der Waals surface area contributed by atoms with Gasteiger partial charge in [0.05, 0.1) is 7.11 Å². The Morgan fingerprint density at radius 3 is 2.55 bits per heavy atom. The number of aromatic hydroxyl groups is 1. The van der Waals surface area contributed by atoms with Gasteiger partial charge in [0.25, 0.3) is 0 Å². The maximum absolute atomic E-state index is 10.3. The van der Waals surface area contributed by atoms with Gasteiger partial charge in [0.2, 0.25) is 0 Å². The largest absolute Gasteiger partial charge is 0.508 e. The number of aryl methyl sites for hydroxylation is 1. The van der Waals surface area contributed by atoms with Crippen molar-refractivity contribution in [2.45, 2.75) is 38.8 Å². The van der Waals surface area contributed by atoms with Gasteiger partial charge < -0.3 is 15.2 Å². The highest BCUT2D eigenvalue weighted by molar-refractivity contribution is 5.50. The summed E-state index contributed by atoms with van der Waals surface area (Å²) in [7, 11) is 1.68. The number of rotatable bonds is 4. The minimum absolute atomic E-state index is 0.215. The maximum atomic E-state index is 10.3. The Bertz CT molecular complexity index is 664. The van der Waals surface area contributed by atoms with Gasteiger partial charge in [0.1, 0.15) is 11.5 Å². The lowest BCUT2D eigenvalue weighted by atomic mass is 9.97. The van der Waals surface area contributed by atoms with Crippen molar-refractivity contribution in [1.82, 2.24) is 5.32 Å². The maximum Gasteiger partial charge on any atom is 0.120 e. The van der Waals surface area contributed by atoms with E-state index in [1.165, 1.54) is 16.7 Å². The molecule has 0 radical (unpaired) electrons. The van der Waals surface area contributed by atoms with Gasteiger partial charge in [-0.3, -0.25) is 0 Å². The summed E-state index contributed by atoms with van der Waals surface area (Å²) in [6.45, 7) is 5.15. The molecule has 2 N–H and O–H groups in total. The molecular formula is C19H23NO2. The van der Waals surface area contributed by atoms with Crippen molar-refractivity contribution >= 4 is 0 Å². The molecule has 1 aliphatic carbocycles. The smallest absolute Gasteiger partial charge is 0.120 e. The van der Waals surface area contributed by atoms with Crippen LogP contribution >= 0.6 is 0 Å². The van der Waals surface area contributed by atoms with Crippen LogP contribution in [0.2, 0.25) is 0 Å². The predicted molar refractivity (Wildman–Crippen MR) is 88.5 cm³/mol. The van der Waals surface area contributed by atoms with Gasteiger partial charge in [-0.25, -0.2) is 0 Å². The average molecular weight is 297 g/mol. The molecule has 3 heteroatoms. The Balaban J connectivity index is 1.76. The molecule has 2 aromatic carbocycles. The SMILES string of the molecule is COc1ccc(CNC2CC(C)c3c(C)ccc(O)c32)cc1. The molecule has 2 unspecified atom stereocenters. The minimum Gasteiger partial charge on any atom is -0.508 e. The molecule has 0 saturated heterocycles. The Labute approximate surface area is 131 Å². The van der Waals surface area contributed by atoms with Gasteiger partial charge in [-0.1, -0.05) is 25.1 Å². The first-order valence-corrected chi connectivity index (χ1v) is 7.79. The van der Waals surface area contributed by atoms with Crippen molar-refractivity contribution in [2.24, 2.45) is 0 Å². The van der Waals surface area contributed by atoms with Crippen molar-refractivity contribution in [3.8, 4) is 11.5 Å². The quantitative estimate of drug-likeness (QED) is 0.894. The Morgan fingerprint density at radius 2 is 1.86 bits per heavy atom. The number of phenols is 1. The molecule has 0 aromatic heterocycles. The van der Waals surface area contributed by atoms with Crippen molar-refractivity contribution in [2.75, 3.05) is 7.11 Å². The van der Waals surface area contributed by atoms with Crippen molar-refractivity contribution in [1.29, 1.82) is 0 Å². The highest BCUT2D eigenvalue weighted by Gasteiger charge is 2.31. The number of benzene rings is 2. The number of hydrogen-bond acceptors (Lipinski definition) is 3. The predicted octanol–water partition coefficient (Wildman–Crippen LogP) is 4.05. The van der Waals surface area contributed by atoms with Crippen LogP contribution in [0, 0.1) is 6.92 Å². The summed E-state index contributed by atoms with van der Waals surface area (Å²) in [5.41, 5.74) is 4.89. The molecule has 2 atom stereocenters. The van der Waals surface area contributed by atoms with Crippen LogP contribution in [0.1, 0.15) is 47.6 Å². The van der Waals surface area contributed by atoms with Crippen molar-refractivity contribution < 1.29 is 9.84 Å². The van der Waals surface area contributed by atoms with E-state index in [1.807, 2.05) is 24.3 Å². The van der Waals surface area contributed by atoms with Gasteiger partial charge in [0, 0.05) is 18.2 Å². The van der Waals surface area contributed by atoms with E-state index in [4.69, 9.17) is 4.74 Å². The zero-order valence-electron chi connectivity index (χ0n) is 13.4. The first-order chi connectivity index (χ1) is 10.6. The third kappa shape index (κ3) is 2.69. The molecule has 0 fully saturated rings. The van der Waals surface area contributed by atoms with Crippen LogP contribution in [0.3, 0.4) is 0 Å². The summed E-state index contributed by atoms with van der Waals surface area (Å²) in [4.78, 5) is 0. The standard InChI is InChI=1S/C19H23NO2/c1-12-4-9-17(21)19-16(10-13(2)18(12)19)20-11-14-5-7-15(22-3)8-6-14/h4-9,13,16,20-21H,10-11H2,1-3H3. The topological polar surface area (TPSA) is 41.5 Å². The highest BCUT2D eigenvalue weighted by Crippen LogP contribution is 2.45. The molecule has 0 bridgehead atoms. The van der Waals surface area contributed by atoms with Gasteiger partial charge in [-0.05, 0) is 54.2 Å². The van der Waals surface area contributed by atoms with Crippen molar-refractivity contribution in [3.63, 3.8) is 0 Å². The van der Waals surface area contributed by atoms with E-state index in [0.29, 0.717) is 11.7 Å². The van der Waals surface area contributed by atoms with Crippen LogP contribution in [0.4, 0.5) is 0 Å². The normalized spacial score (nSPS) is 20.0. The molecule has 1 aliphatic rings. The van der Waals surface area contributed by atoms with E-state index in [-0.39, 0.29) is 6.04 Å². The van der Waals surface area contributed by atoms with E-state index < -0.39 is 0 Å². The van der Waals surface area contributed by atoms with E-state index in [1.54, 1.807) is 7.11 Å². The average Bonchev–Trinajstić information content (AvgIpc) is 2.87. The number of phenolic OH excluding ortho intramolecular Hbond substituents is 1. The molecule has 0 amide bonds. The monoisotopic (exact) mass is 297 g/mol. The lowest BCUT2D eigenvalue weighted by molar-refractivity contribution is 0.414. The summed E-state index contributed by atoms with van der Waals surface area (Å²) in [6, 6.07) is 12.1. The van der Waals surface area contributed by atoms with Crippen LogP contribution in [0.15, 0.2) is 36.4 Å². The lowest BCUT2D eigenvalue weighted by Gasteiger charge is -2.16. The zero-order valence-corrected chi connectivity index (χ0v) is 13.4. The van der Waals surface area contributed by atoms with Crippen LogP contribution in [0.5, 0.6) is 11.5 Å². The number of hydrogen-bond donors (Lipinski definition) is 2. The second-order valence-corrected chi connectivity index (χ2v) is 6.15. The van der Waals surface area contributed by atoms with Crippen LogP contribution in [-0.2, 0) is 6.54 Å². The lowest BCUT2D eigenvalue weighted by Crippen LogP contribution is -2.19. The number of fused-ring (bicyclic) bond motifs is 1. The molecule has 3 rings (SSSR count). The summed E-state index contributed by atoms with van der Waals surface area (Å²) in [5.74, 6) is 1.77. The summed E-state index contributed by atoms with van der Waals surface area (Å²) < 4.78 is 5.18.